The van der Waals surface area contributed by atoms with Gasteiger partial charge in [0, 0.05) is 12.1 Å². The average Bonchev–Trinajstić information content (AvgIpc) is 2.95. The van der Waals surface area contributed by atoms with Crippen molar-refractivity contribution in [2.75, 3.05) is 11.9 Å². The van der Waals surface area contributed by atoms with Crippen LogP contribution >= 0.6 is 11.5 Å². The summed E-state index contributed by atoms with van der Waals surface area (Å²) in [7, 11) is 0. The number of aliphatic hydroxyl groups excluding tert-OH is 1. The van der Waals surface area contributed by atoms with Gasteiger partial charge in [0.15, 0.2) is 0 Å². The molecule has 1 unspecified atom stereocenters. The summed E-state index contributed by atoms with van der Waals surface area (Å²) in [6, 6.07) is 4.04. The predicted octanol–water partition coefficient (Wildman–Crippen LogP) is 1.77. The third-order valence-corrected chi connectivity index (χ3v) is 4.01. The number of carbonyl (C=O) groups is 2. The summed E-state index contributed by atoms with van der Waals surface area (Å²) in [5.74, 6) is -1.37. The van der Waals surface area contributed by atoms with E-state index in [4.69, 9.17) is 15.6 Å². The first-order valence-electron chi connectivity index (χ1n) is 7.68. The van der Waals surface area contributed by atoms with Crippen LogP contribution in [0.25, 0.3) is 0 Å². The van der Waals surface area contributed by atoms with E-state index < -0.39 is 23.9 Å². The number of halogens is 1. The Kier molecular flexibility index (Phi) is 6.47. The minimum Gasteiger partial charge on any atom is -0.471 e. The van der Waals surface area contributed by atoms with Crippen molar-refractivity contribution in [1.29, 1.82) is 0 Å². The van der Waals surface area contributed by atoms with E-state index in [-0.39, 0.29) is 29.6 Å². The number of anilines is 1. The molecule has 3 amide bonds. The SMILES string of the molecule is Cc1ccc(COc2nsc(NC(=O)NCC(C)O)c2C(N)=O)c(F)c1. The molecule has 26 heavy (non-hydrogen) atoms. The molecule has 1 aromatic carbocycles. The first-order valence-corrected chi connectivity index (χ1v) is 8.45. The summed E-state index contributed by atoms with van der Waals surface area (Å²) in [5, 5.41) is 14.1. The number of ether oxygens (including phenoxy) is 1. The number of aryl methyl sites for hydroxylation is 1. The van der Waals surface area contributed by atoms with Gasteiger partial charge < -0.3 is 20.9 Å². The second-order valence-corrected chi connectivity index (χ2v) is 6.40. The van der Waals surface area contributed by atoms with E-state index in [0.29, 0.717) is 5.56 Å². The summed E-state index contributed by atoms with van der Waals surface area (Å²) in [5.41, 5.74) is 6.30. The van der Waals surface area contributed by atoms with Crippen molar-refractivity contribution in [3.8, 4) is 5.88 Å². The number of aromatic nitrogens is 1. The topological polar surface area (TPSA) is 127 Å². The van der Waals surface area contributed by atoms with E-state index in [9.17, 15) is 14.0 Å². The van der Waals surface area contributed by atoms with Crippen LogP contribution in [0.5, 0.6) is 5.88 Å². The lowest BCUT2D eigenvalue weighted by Gasteiger charge is -2.09. The van der Waals surface area contributed by atoms with Gasteiger partial charge in [-0.1, -0.05) is 12.1 Å². The lowest BCUT2D eigenvalue weighted by molar-refractivity contribution is 0.0996. The minimum absolute atomic E-state index is 0.0343. The zero-order chi connectivity index (χ0) is 19.3. The van der Waals surface area contributed by atoms with Crippen molar-refractivity contribution in [2.24, 2.45) is 5.73 Å². The van der Waals surface area contributed by atoms with E-state index in [1.165, 1.54) is 13.0 Å². The molecule has 2 aromatic rings. The Bertz CT molecular complexity index is 810. The summed E-state index contributed by atoms with van der Waals surface area (Å²) in [6.07, 6.45) is -0.721. The molecule has 1 atom stereocenters. The van der Waals surface area contributed by atoms with Crippen molar-refractivity contribution in [3.05, 3.63) is 40.7 Å². The molecule has 0 fully saturated rings. The lowest BCUT2D eigenvalue weighted by atomic mass is 10.1. The molecular formula is C16H19FN4O4S. The third-order valence-electron chi connectivity index (χ3n) is 3.27. The van der Waals surface area contributed by atoms with E-state index in [1.54, 1.807) is 19.1 Å². The van der Waals surface area contributed by atoms with Crippen molar-refractivity contribution in [3.63, 3.8) is 0 Å². The maximum atomic E-state index is 13.9. The molecule has 0 spiro atoms. The van der Waals surface area contributed by atoms with Gasteiger partial charge in [-0.25, -0.2) is 9.18 Å². The molecule has 2 rings (SSSR count). The molecule has 1 heterocycles. The summed E-state index contributed by atoms with van der Waals surface area (Å²) >= 11 is 0.805. The van der Waals surface area contributed by atoms with Crippen molar-refractivity contribution >= 4 is 28.5 Å². The van der Waals surface area contributed by atoms with Crippen molar-refractivity contribution in [2.45, 2.75) is 26.6 Å². The highest BCUT2D eigenvalue weighted by atomic mass is 32.1. The molecule has 8 nitrogen and oxygen atoms in total. The van der Waals surface area contributed by atoms with Gasteiger partial charge in [-0.15, -0.1) is 0 Å². The highest BCUT2D eigenvalue weighted by Crippen LogP contribution is 2.30. The molecule has 0 saturated heterocycles. The van der Waals surface area contributed by atoms with Gasteiger partial charge in [-0.2, -0.15) is 4.37 Å². The maximum Gasteiger partial charge on any atom is 0.320 e. The number of hydrogen-bond donors (Lipinski definition) is 4. The fourth-order valence-corrected chi connectivity index (χ4v) is 2.72. The number of nitrogens with zero attached hydrogens (tertiary/aromatic N) is 1. The highest BCUT2D eigenvalue weighted by Gasteiger charge is 2.22. The Hall–Kier alpha value is -2.72. The fraction of sp³-hybridized carbons (Fsp3) is 0.312. The van der Waals surface area contributed by atoms with Crippen LogP contribution < -0.4 is 21.1 Å². The number of nitrogens with two attached hydrogens (primary N) is 1. The lowest BCUT2D eigenvalue weighted by Crippen LogP contribution is -2.34. The Labute approximate surface area is 153 Å². The predicted molar refractivity (Wildman–Crippen MR) is 94.8 cm³/mol. The summed E-state index contributed by atoms with van der Waals surface area (Å²) < 4.78 is 23.2. The largest absolute Gasteiger partial charge is 0.471 e. The number of benzene rings is 1. The Morgan fingerprint density at radius 1 is 1.46 bits per heavy atom. The molecule has 0 aliphatic rings. The number of carbonyl (C=O) groups excluding carboxylic acids is 2. The Morgan fingerprint density at radius 3 is 2.81 bits per heavy atom. The summed E-state index contributed by atoms with van der Waals surface area (Å²) in [6.45, 7) is 3.16. The molecule has 5 N–H and O–H groups in total. The van der Waals surface area contributed by atoms with Gasteiger partial charge >= 0.3 is 6.03 Å². The third kappa shape index (κ3) is 5.14. The standard InChI is InChI=1S/C16H19FN4O4S/c1-8-3-4-10(11(17)5-8)7-25-14-12(13(18)23)15(26-21-14)20-16(24)19-6-9(2)22/h3-5,9,22H,6-7H2,1-2H3,(H2,18,23)(H2,19,20,24). The van der Waals surface area contributed by atoms with Crippen LogP contribution in [0.4, 0.5) is 14.2 Å². The van der Waals surface area contributed by atoms with E-state index in [2.05, 4.69) is 15.0 Å². The van der Waals surface area contributed by atoms with Crippen LogP contribution in [-0.2, 0) is 6.61 Å². The van der Waals surface area contributed by atoms with Crippen LogP contribution in [0.3, 0.4) is 0 Å². The molecule has 0 radical (unpaired) electrons. The number of urea groups is 1. The first-order chi connectivity index (χ1) is 12.3. The highest BCUT2D eigenvalue weighted by molar-refractivity contribution is 7.11. The van der Waals surface area contributed by atoms with Crippen LogP contribution in [0.15, 0.2) is 18.2 Å². The first kappa shape index (κ1) is 19.6. The van der Waals surface area contributed by atoms with Gasteiger partial charge in [0.05, 0.1) is 6.10 Å². The smallest absolute Gasteiger partial charge is 0.320 e. The second kappa shape index (κ2) is 8.59. The van der Waals surface area contributed by atoms with Gasteiger partial charge in [-0.3, -0.25) is 10.1 Å². The molecule has 140 valence electrons. The van der Waals surface area contributed by atoms with Gasteiger partial charge in [0.25, 0.3) is 5.91 Å². The average molecular weight is 382 g/mol. The normalized spacial score (nSPS) is 11.7. The number of nitrogens with one attached hydrogen (secondary N) is 2. The second-order valence-electron chi connectivity index (χ2n) is 5.62. The van der Waals surface area contributed by atoms with E-state index in [0.717, 1.165) is 17.1 Å². The number of hydrogen-bond acceptors (Lipinski definition) is 6. The van der Waals surface area contributed by atoms with Crippen molar-refractivity contribution in [1.82, 2.24) is 9.69 Å². The quantitative estimate of drug-likeness (QED) is 0.580. The van der Waals surface area contributed by atoms with Gasteiger partial charge in [0.1, 0.15) is 23.0 Å². The van der Waals surface area contributed by atoms with Crippen LogP contribution in [0.1, 0.15) is 28.4 Å². The van der Waals surface area contributed by atoms with Crippen molar-refractivity contribution < 1.29 is 23.8 Å². The number of rotatable bonds is 7. The molecular weight excluding hydrogens is 363 g/mol. The Morgan fingerprint density at radius 2 is 2.19 bits per heavy atom. The zero-order valence-electron chi connectivity index (χ0n) is 14.2. The molecule has 0 aliphatic heterocycles. The number of amides is 3. The van der Waals surface area contributed by atoms with Crippen LogP contribution in [-0.4, -0.2) is 34.1 Å². The Balaban J connectivity index is 2.10. The molecule has 1 aromatic heterocycles. The number of primary amides is 1. The zero-order valence-corrected chi connectivity index (χ0v) is 15.0. The van der Waals surface area contributed by atoms with E-state index >= 15 is 0 Å². The number of aliphatic hydroxyl groups is 1. The van der Waals surface area contributed by atoms with Crippen LogP contribution in [0.2, 0.25) is 0 Å². The molecule has 10 heteroatoms. The molecule has 0 aliphatic carbocycles. The monoisotopic (exact) mass is 382 g/mol. The minimum atomic E-state index is -0.844. The molecule has 0 bridgehead atoms. The summed E-state index contributed by atoms with van der Waals surface area (Å²) in [4.78, 5) is 23.5. The van der Waals surface area contributed by atoms with Gasteiger partial charge in [-0.05, 0) is 37.0 Å². The molecule has 0 saturated carbocycles. The van der Waals surface area contributed by atoms with Gasteiger partial charge in [0.2, 0.25) is 5.88 Å². The maximum absolute atomic E-state index is 13.9. The fourth-order valence-electron chi connectivity index (χ4n) is 1.98. The van der Waals surface area contributed by atoms with Crippen LogP contribution in [0, 0.1) is 12.7 Å². The van der Waals surface area contributed by atoms with E-state index in [1.807, 2.05) is 0 Å².